The van der Waals surface area contributed by atoms with Crippen molar-refractivity contribution in [1.82, 2.24) is 24.2 Å². The van der Waals surface area contributed by atoms with E-state index in [1.165, 1.54) is 17.1 Å². The number of carbonyl (C=O) groups is 1. The Hall–Kier alpha value is -3.94. The van der Waals surface area contributed by atoms with Crippen molar-refractivity contribution in [1.29, 1.82) is 0 Å². The van der Waals surface area contributed by atoms with Gasteiger partial charge in [-0.15, -0.1) is 0 Å². The summed E-state index contributed by atoms with van der Waals surface area (Å²) in [5.74, 6) is -0.0762. The lowest BCUT2D eigenvalue weighted by atomic mass is 10.1. The van der Waals surface area contributed by atoms with Crippen LogP contribution >= 0.6 is 0 Å². The zero-order chi connectivity index (χ0) is 22.9. The van der Waals surface area contributed by atoms with Crippen LogP contribution in [-0.4, -0.2) is 56.3 Å². The maximum atomic E-state index is 13.1. The molecule has 0 spiro atoms. The molecule has 1 aliphatic rings. The number of anilines is 1. The second-order valence-electron chi connectivity index (χ2n) is 8.46. The fourth-order valence-electron chi connectivity index (χ4n) is 4.38. The van der Waals surface area contributed by atoms with Crippen LogP contribution in [0.25, 0.3) is 16.7 Å². The molecular formula is C25H26N6O2. The zero-order valence-corrected chi connectivity index (χ0v) is 18.8. The van der Waals surface area contributed by atoms with E-state index < -0.39 is 0 Å². The Morgan fingerprint density at radius 3 is 2.48 bits per heavy atom. The van der Waals surface area contributed by atoms with Crippen LogP contribution in [-0.2, 0) is 11.3 Å². The van der Waals surface area contributed by atoms with Crippen LogP contribution in [0.1, 0.15) is 11.1 Å². The summed E-state index contributed by atoms with van der Waals surface area (Å²) in [4.78, 5) is 34.5. The van der Waals surface area contributed by atoms with Gasteiger partial charge in [-0.2, -0.15) is 5.10 Å². The van der Waals surface area contributed by atoms with E-state index in [0.29, 0.717) is 24.1 Å². The SMILES string of the molecule is Cc1ccc(-n2ncc3c(=O)n(CC(=O)N4CCN(c5ccccc5)CC4)cnc32)c(C)c1. The third kappa shape index (κ3) is 4.00. The number of hydrogen-bond acceptors (Lipinski definition) is 5. The number of hydrogen-bond donors (Lipinski definition) is 0. The highest BCUT2D eigenvalue weighted by Gasteiger charge is 2.22. The summed E-state index contributed by atoms with van der Waals surface area (Å²) >= 11 is 0. The van der Waals surface area contributed by atoms with Gasteiger partial charge in [0.05, 0.1) is 11.9 Å². The minimum absolute atomic E-state index is 0.0259. The zero-order valence-electron chi connectivity index (χ0n) is 18.8. The van der Waals surface area contributed by atoms with Gasteiger partial charge in [0.2, 0.25) is 5.91 Å². The summed E-state index contributed by atoms with van der Waals surface area (Å²) in [7, 11) is 0. The number of rotatable bonds is 4. The second kappa shape index (κ2) is 8.54. The van der Waals surface area contributed by atoms with Crippen molar-refractivity contribution in [2.45, 2.75) is 20.4 Å². The van der Waals surface area contributed by atoms with Gasteiger partial charge in [-0.3, -0.25) is 14.2 Å². The highest BCUT2D eigenvalue weighted by atomic mass is 16.2. The molecule has 1 amide bonds. The van der Waals surface area contributed by atoms with E-state index in [-0.39, 0.29) is 18.0 Å². The monoisotopic (exact) mass is 442 g/mol. The van der Waals surface area contributed by atoms with E-state index in [1.54, 1.807) is 4.68 Å². The smallest absolute Gasteiger partial charge is 0.264 e. The number of carbonyl (C=O) groups excluding carboxylic acids is 1. The lowest BCUT2D eigenvalue weighted by Crippen LogP contribution is -2.50. The number of benzene rings is 2. The van der Waals surface area contributed by atoms with Crippen LogP contribution in [0.4, 0.5) is 5.69 Å². The number of piperazine rings is 1. The quantitative estimate of drug-likeness (QED) is 0.486. The maximum Gasteiger partial charge on any atom is 0.264 e. The first-order valence-electron chi connectivity index (χ1n) is 11.1. The van der Waals surface area contributed by atoms with Crippen LogP contribution in [0.15, 0.2) is 65.8 Å². The van der Waals surface area contributed by atoms with Crippen LogP contribution in [0.5, 0.6) is 0 Å². The third-order valence-corrected chi connectivity index (χ3v) is 6.19. The third-order valence-electron chi connectivity index (χ3n) is 6.19. The Balaban J connectivity index is 1.32. The van der Waals surface area contributed by atoms with Crippen molar-refractivity contribution in [2.24, 2.45) is 0 Å². The molecule has 2 aromatic heterocycles. The number of para-hydroxylation sites is 1. The Bertz CT molecular complexity index is 1370. The predicted molar refractivity (Wildman–Crippen MR) is 128 cm³/mol. The van der Waals surface area contributed by atoms with Crippen molar-refractivity contribution in [3.05, 3.63) is 82.5 Å². The van der Waals surface area contributed by atoms with Gasteiger partial charge in [0, 0.05) is 31.9 Å². The summed E-state index contributed by atoms with van der Waals surface area (Å²) < 4.78 is 3.06. The van der Waals surface area contributed by atoms with Crippen LogP contribution in [0.3, 0.4) is 0 Å². The predicted octanol–water partition coefficient (Wildman–Crippen LogP) is 2.55. The molecule has 2 aromatic carbocycles. The van der Waals surface area contributed by atoms with Crippen molar-refractivity contribution in [2.75, 3.05) is 31.1 Å². The molecule has 33 heavy (non-hydrogen) atoms. The maximum absolute atomic E-state index is 13.1. The Morgan fingerprint density at radius 1 is 1.00 bits per heavy atom. The van der Waals surface area contributed by atoms with E-state index in [1.807, 2.05) is 49.1 Å². The number of aryl methyl sites for hydroxylation is 2. The molecule has 0 aliphatic carbocycles. The average molecular weight is 443 g/mol. The normalized spacial score (nSPS) is 14.1. The summed E-state index contributed by atoms with van der Waals surface area (Å²) in [6.45, 7) is 6.81. The van der Waals surface area contributed by atoms with Crippen LogP contribution < -0.4 is 10.5 Å². The lowest BCUT2D eigenvalue weighted by Gasteiger charge is -2.36. The van der Waals surface area contributed by atoms with Gasteiger partial charge in [-0.05, 0) is 37.6 Å². The van der Waals surface area contributed by atoms with Gasteiger partial charge < -0.3 is 9.80 Å². The van der Waals surface area contributed by atoms with E-state index in [9.17, 15) is 9.59 Å². The van der Waals surface area contributed by atoms with Crippen molar-refractivity contribution in [3.8, 4) is 5.69 Å². The number of nitrogens with zero attached hydrogens (tertiary/aromatic N) is 6. The van der Waals surface area contributed by atoms with E-state index >= 15 is 0 Å². The Labute approximate surface area is 191 Å². The number of fused-ring (bicyclic) bond motifs is 1. The number of aromatic nitrogens is 4. The Kier molecular flexibility index (Phi) is 5.42. The summed E-state index contributed by atoms with van der Waals surface area (Å²) in [6.07, 6.45) is 2.98. The largest absolute Gasteiger partial charge is 0.368 e. The minimum Gasteiger partial charge on any atom is -0.368 e. The molecule has 3 heterocycles. The molecule has 1 saturated heterocycles. The molecule has 8 nitrogen and oxygen atoms in total. The molecule has 0 saturated carbocycles. The molecule has 1 fully saturated rings. The first kappa shape index (κ1) is 20.9. The van der Waals surface area contributed by atoms with Crippen molar-refractivity contribution < 1.29 is 4.79 Å². The van der Waals surface area contributed by atoms with Gasteiger partial charge in [0.1, 0.15) is 18.3 Å². The van der Waals surface area contributed by atoms with E-state index in [0.717, 1.165) is 35.6 Å². The number of amides is 1. The topological polar surface area (TPSA) is 76.3 Å². The van der Waals surface area contributed by atoms with Crippen molar-refractivity contribution in [3.63, 3.8) is 0 Å². The van der Waals surface area contributed by atoms with Crippen LogP contribution in [0, 0.1) is 13.8 Å². The second-order valence-corrected chi connectivity index (χ2v) is 8.46. The van der Waals surface area contributed by atoms with Gasteiger partial charge in [0.15, 0.2) is 5.65 Å². The van der Waals surface area contributed by atoms with E-state index in [4.69, 9.17) is 0 Å². The molecule has 0 atom stereocenters. The molecule has 8 heteroatoms. The van der Waals surface area contributed by atoms with Gasteiger partial charge >= 0.3 is 0 Å². The molecule has 0 bridgehead atoms. The van der Waals surface area contributed by atoms with Gasteiger partial charge in [-0.25, -0.2) is 9.67 Å². The molecule has 4 aromatic rings. The van der Waals surface area contributed by atoms with Crippen molar-refractivity contribution >= 4 is 22.6 Å². The standard InChI is InChI=1S/C25H26N6O2/c1-18-8-9-22(19(2)14-18)31-24-21(15-27-31)25(33)30(17-26-24)16-23(32)29-12-10-28(11-13-29)20-6-4-3-5-7-20/h3-9,14-15,17H,10-13,16H2,1-2H3. The first-order chi connectivity index (χ1) is 16.0. The van der Waals surface area contributed by atoms with E-state index in [2.05, 4.69) is 33.2 Å². The molecule has 0 radical (unpaired) electrons. The summed E-state index contributed by atoms with van der Waals surface area (Å²) in [5, 5.41) is 4.81. The lowest BCUT2D eigenvalue weighted by molar-refractivity contribution is -0.132. The van der Waals surface area contributed by atoms with Crippen LogP contribution in [0.2, 0.25) is 0 Å². The summed E-state index contributed by atoms with van der Waals surface area (Å²) in [5.41, 5.74) is 4.49. The fraction of sp³-hybridized carbons (Fsp3) is 0.280. The summed E-state index contributed by atoms with van der Waals surface area (Å²) in [6, 6.07) is 16.2. The molecule has 168 valence electrons. The Morgan fingerprint density at radius 2 is 1.76 bits per heavy atom. The molecular weight excluding hydrogens is 416 g/mol. The van der Waals surface area contributed by atoms with Gasteiger partial charge in [-0.1, -0.05) is 35.9 Å². The first-order valence-corrected chi connectivity index (χ1v) is 11.1. The highest BCUT2D eigenvalue weighted by Crippen LogP contribution is 2.19. The van der Waals surface area contributed by atoms with Gasteiger partial charge in [0.25, 0.3) is 5.56 Å². The molecule has 0 N–H and O–H groups in total. The minimum atomic E-state index is -0.257. The fourth-order valence-corrected chi connectivity index (χ4v) is 4.38. The average Bonchev–Trinajstić information content (AvgIpc) is 3.26. The molecule has 5 rings (SSSR count). The highest BCUT2D eigenvalue weighted by molar-refractivity contribution is 5.78. The molecule has 0 unspecified atom stereocenters. The molecule has 1 aliphatic heterocycles.